The number of carbonyl (C=O) groups excluding carboxylic acids is 2. The molecule has 0 spiro atoms. The van der Waals surface area contributed by atoms with Gasteiger partial charge in [-0.3, -0.25) is 4.79 Å². The van der Waals surface area contributed by atoms with Crippen LogP contribution in [-0.2, 0) is 9.53 Å². The molecule has 0 saturated heterocycles. The lowest BCUT2D eigenvalue weighted by Crippen LogP contribution is -2.20. The van der Waals surface area contributed by atoms with Crippen LogP contribution in [0, 0.1) is 6.92 Å². The van der Waals surface area contributed by atoms with Crippen molar-refractivity contribution in [1.82, 2.24) is 4.90 Å². The minimum atomic E-state index is -0.593. The summed E-state index contributed by atoms with van der Waals surface area (Å²) in [5.41, 5.74) is 1.39. The fourth-order valence-corrected chi connectivity index (χ4v) is 1.64. The lowest BCUT2D eigenvalue weighted by molar-refractivity contribution is -0.138. The van der Waals surface area contributed by atoms with Crippen LogP contribution in [0.15, 0.2) is 36.0 Å². The minimum Gasteiger partial charge on any atom is -0.462 e. The fourth-order valence-electron chi connectivity index (χ4n) is 1.64. The molecule has 0 aliphatic rings. The number of rotatable bonds is 5. The highest BCUT2D eigenvalue weighted by Crippen LogP contribution is 2.14. The van der Waals surface area contributed by atoms with E-state index >= 15 is 0 Å². The molecule has 0 bridgehead atoms. The number of Topliss-reactive ketones (excluding diaryl/α,β-unsaturated/α-hetero) is 1. The maximum absolute atomic E-state index is 12.4. The molecule has 19 heavy (non-hydrogen) atoms. The number of esters is 1. The Balaban J connectivity index is 3.16. The van der Waals surface area contributed by atoms with Gasteiger partial charge in [-0.1, -0.05) is 24.3 Å². The summed E-state index contributed by atoms with van der Waals surface area (Å²) in [5.74, 6) is -0.908. The number of hydrogen-bond donors (Lipinski definition) is 0. The lowest BCUT2D eigenvalue weighted by Gasteiger charge is -2.11. The van der Waals surface area contributed by atoms with Crippen LogP contribution in [0.5, 0.6) is 0 Å². The highest BCUT2D eigenvalue weighted by molar-refractivity contribution is 6.24. The average Bonchev–Trinajstić information content (AvgIpc) is 2.36. The normalized spacial score (nSPS) is 11.1. The standard InChI is InChI=1S/C15H19NO3/c1-5-19-15(18)13(10-16(3)4)14(17)12-9-7-6-8-11(12)2/h6-10H,5H2,1-4H3/b13-10+. The molecule has 1 aromatic rings. The summed E-state index contributed by atoms with van der Waals surface area (Å²) >= 11 is 0. The van der Waals surface area contributed by atoms with Crippen molar-refractivity contribution in [3.63, 3.8) is 0 Å². The first-order valence-electron chi connectivity index (χ1n) is 6.13. The molecular formula is C15H19NO3. The van der Waals surface area contributed by atoms with Crippen molar-refractivity contribution >= 4 is 11.8 Å². The largest absolute Gasteiger partial charge is 0.462 e. The SMILES string of the molecule is CCOC(=O)/C(=C/N(C)C)C(=O)c1ccccc1C. The van der Waals surface area contributed by atoms with Gasteiger partial charge in [0.15, 0.2) is 0 Å². The van der Waals surface area contributed by atoms with E-state index < -0.39 is 5.97 Å². The number of nitrogens with zero attached hydrogens (tertiary/aromatic N) is 1. The van der Waals surface area contributed by atoms with Crippen LogP contribution < -0.4 is 0 Å². The van der Waals surface area contributed by atoms with Crippen molar-refractivity contribution in [3.8, 4) is 0 Å². The summed E-state index contributed by atoms with van der Waals surface area (Å²) < 4.78 is 4.93. The predicted octanol–water partition coefficient (Wildman–Crippen LogP) is 2.19. The summed E-state index contributed by atoms with van der Waals surface area (Å²) in [5, 5.41) is 0. The van der Waals surface area contributed by atoms with E-state index in [1.54, 1.807) is 38.1 Å². The van der Waals surface area contributed by atoms with Crippen LogP contribution in [-0.4, -0.2) is 37.4 Å². The predicted molar refractivity (Wildman–Crippen MR) is 73.9 cm³/mol. The van der Waals surface area contributed by atoms with Crippen molar-refractivity contribution in [2.24, 2.45) is 0 Å². The average molecular weight is 261 g/mol. The van der Waals surface area contributed by atoms with Crippen molar-refractivity contribution < 1.29 is 14.3 Å². The Morgan fingerprint density at radius 1 is 1.26 bits per heavy atom. The molecule has 0 fully saturated rings. The zero-order chi connectivity index (χ0) is 14.4. The second-order valence-electron chi connectivity index (χ2n) is 4.37. The second kappa shape index (κ2) is 6.73. The number of aryl methyl sites for hydroxylation is 1. The van der Waals surface area contributed by atoms with E-state index in [9.17, 15) is 9.59 Å². The van der Waals surface area contributed by atoms with Crippen molar-refractivity contribution in [2.75, 3.05) is 20.7 Å². The molecule has 0 radical (unpaired) electrons. The minimum absolute atomic E-state index is 0.0427. The maximum atomic E-state index is 12.4. The number of ketones is 1. The topological polar surface area (TPSA) is 46.6 Å². The van der Waals surface area contributed by atoms with E-state index in [-0.39, 0.29) is 18.0 Å². The van der Waals surface area contributed by atoms with Crippen molar-refractivity contribution in [2.45, 2.75) is 13.8 Å². The Kier molecular flexibility index (Phi) is 5.30. The zero-order valence-corrected chi connectivity index (χ0v) is 11.8. The molecule has 0 aliphatic carbocycles. The molecular weight excluding hydrogens is 242 g/mol. The van der Waals surface area contributed by atoms with Gasteiger partial charge in [0.2, 0.25) is 5.78 Å². The Labute approximate surface area is 113 Å². The van der Waals surface area contributed by atoms with E-state index in [1.807, 2.05) is 19.1 Å². The van der Waals surface area contributed by atoms with Gasteiger partial charge in [0, 0.05) is 25.9 Å². The van der Waals surface area contributed by atoms with Crippen LogP contribution in [0.4, 0.5) is 0 Å². The lowest BCUT2D eigenvalue weighted by atomic mass is 9.99. The molecule has 0 aromatic heterocycles. The van der Waals surface area contributed by atoms with E-state index in [1.165, 1.54) is 6.20 Å². The third-order valence-electron chi connectivity index (χ3n) is 2.52. The molecule has 4 nitrogen and oxygen atoms in total. The summed E-state index contributed by atoms with van der Waals surface area (Å²) in [7, 11) is 3.51. The Bertz CT molecular complexity index is 504. The number of ether oxygens (including phenoxy) is 1. The molecule has 4 heteroatoms. The van der Waals surface area contributed by atoms with Gasteiger partial charge >= 0.3 is 5.97 Å². The molecule has 102 valence electrons. The van der Waals surface area contributed by atoms with E-state index in [2.05, 4.69) is 0 Å². The molecule has 0 heterocycles. The zero-order valence-electron chi connectivity index (χ0n) is 11.8. The van der Waals surface area contributed by atoms with Crippen LogP contribution in [0.25, 0.3) is 0 Å². The number of hydrogen-bond acceptors (Lipinski definition) is 4. The molecule has 1 rings (SSSR count). The highest BCUT2D eigenvalue weighted by Gasteiger charge is 2.22. The van der Waals surface area contributed by atoms with Crippen molar-refractivity contribution in [3.05, 3.63) is 47.2 Å². The maximum Gasteiger partial charge on any atom is 0.343 e. The summed E-state index contributed by atoms with van der Waals surface area (Å²) in [4.78, 5) is 25.9. The van der Waals surface area contributed by atoms with Gasteiger partial charge in [0.25, 0.3) is 0 Å². The van der Waals surface area contributed by atoms with Gasteiger partial charge in [0.05, 0.1) is 6.61 Å². The highest BCUT2D eigenvalue weighted by atomic mass is 16.5. The van der Waals surface area contributed by atoms with Crippen molar-refractivity contribution in [1.29, 1.82) is 0 Å². The third-order valence-corrected chi connectivity index (χ3v) is 2.52. The fraction of sp³-hybridized carbons (Fsp3) is 0.333. The molecule has 0 atom stereocenters. The third kappa shape index (κ3) is 3.95. The summed E-state index contributed by atoms with van der Waals surface area (Å²) in [6, 6.07) is 7.18. The van der Waals surface area contributed by atoms with Gasteiger partial charge in [-0.15, -0.1) is 0 Å². The van der Waals surface area contributed by atoms with Crippen LogP contribution in [0.2, 0.25) is 0 Å². The smallest absolute Gasteiger partial charge is 0.343 e. The number of carbonyl (C=O) groups is 2. The summed E-state index contributed by atoms with van der Waals surface area (Å²) in [6.07, 6.45) is 1.49. The van der Waals surface area contributed by atoms with E-state index in [0.717, 1.165) is 5.56 Å². The Morgan fingerprint density at radius 2 is 1.89 bits per heavy atom. The molecule has 0 aliphatic heterocycles. The quantitative estimate of drug-likeness (QED) is 0.268. The summed E-state index contributed by atoms with van der Waals surface area (Å²) in [6.45, 7) is 3.79. The van der Waals surface area contributed by atoms with Gasteiger partial charge < -0.3 is 9.64 Å². The molecule has 1 aromatic carbocycles. The molecule has 0 amide bonds. The Hall–Kier alpha value is -2.10. The van der Waals surface area contributed by atoms with Crippen LogP contribution in [0.3, 0.4) is 0 Å². The first kappa shape index (κ1) is 15.0. The van der Waals surface area contributed by atoms with Gasteiger partial charge in [-0.05, 0) is 19.4 Å². The monoisotopic (exact) mass is 261 g/mol. The molecule has 0 unspecified atom stereocenters. The van der Waals surface area contributed by atoms with E-state index in [4.69, 9.17) is 4.74 Å². The Morgan fingerprint density at radius 3 is 2.42 bits per heavy atom. The molecule has 0 N–H and O–H groups in total. The second-order valence-corrected chi connectivity index (χ2v) is 4.37. The van der Waals surface area contributed by atoms with Crippen LogP contribution >= 0.6 is 0 Å². The number of benzene rings is 1. The van der Waals surface area contributed by atoms with Gasteiger partial charge in [0.1, 0.15) is 5.57 Å². The van der Waals surface area contributed by atoms with Gasteiger partial charge in [-0.25, -0.2) is 4.79 Å². The molecule has 0 saturated carbocycles. The van der Waals surface area contributed by atoms with Crippen LogP contribution in [0.1, 0.15) is 22.8 Å². The first-order valence-corrected chi connectivity index (χ1v) is 6.13. The van der Waals surface area contributed by atoms with Gasteiger partial charge in [-0.2, -0.15) is 0 Å². The first-order chi connectivity index (χ1) is 8.97. The van der Waals surface area contributed by atoms with E-state index in [0.29, 0.717) is 5.56 Å².